The van der Waals surface area contributed by atoms with E-state index in [0.717, 1.165) is 19.3 Å². The minimum atomic E-state index is -3.75. The number of sulfonamides is 1. The summed E-state index contributed by atoms with van der Waals surface area (Å²) in [5, 5.41) is 0. The normalized spacial score (nSPS) is 26.1. The van der Waals surface area contributed by atoms with Crippen LogP contribution in [0, 0.1) is 11.8 Å². The Hall–Kier alpha value is -1.64. The lowest BCUT2D eigenvalue weighted by Crippen LogP contribution is -2.47. The molecule has 0 bridgehead atoms. The molecule has 2 saturated heterocycles. The molecule has 168 valence electrons. The third-order valence-electron chi connectivity index (χ3n) is 6.28. The molecule has 0 N–H and O–H groups in total. The molecule has 2 aliphatic heterocycles. The van der Waals surface area contributed by atoms with Crippen molar-refractivity contribution in [3.8, 4) is 5.75 Å². The van der Waals surface area contributed by atoms with Crippen LogP contribution in [-0.4, -0.2) is 81.9 Å². The van der Waals surface area contributed by atoms with Gasteiger partial charge in [0.1, 0.15) is 10.6 Å². The fourth-order valence-electron chi connectivity index (χ4n) is 4.70. The molecule has 0 aliphatic carbocycles. The molecule has 2 aliphatic rings. The van der Waals surface area contributed by atoms with Gasteiger partial charge in [0.15, 0.2) is 0 Å². The topological polar surface area (TPSA) is 70.2 Å². The molecule has 2 fully saturated rings. The zero-order valence-corrected chi connectivity index (χ0v) is 19.6. The molecule has 1 aromatic rings. The minimum Gasteiger partial charge on any atom is -0.495 e. The van der Waals surface area contributed by atoms with Crippen molar-refractivity contribution in [3.63, 3.8) is 0 Å². The molecular formula is C22H35N3O4S. The molecule has 7 nitrogen and oxygen atoms in total. The smallest absolute Gasteiger partial charge is 0.253 e. The number of likely N-dealkylation sites (tertiary alicyclic amines) is 1. The van der Waals surface area contributed by atoms with E-state index in [4.69, 9.17) is 4.74 Å². The van der Waals surface area contributed by atoms with E-state index in [-0.39, 0.29) is 16.6 Å². The molecule has 1 aromatic carbocycles. The fraction of sp³-hybridized carbons (Fsp3) is 0.682. The largest absolute Gasteiger partial charge is 0.495 e. The summed E-state index contributed by atoms with van der Waals surface area (Å²) in [6.45, 7) is 6.48. The highest BCUT2D eigenvalue weighted by Crippen LogP contribution is 2.32. The van der Waals surface area contributed by atoms with Crippen LogP contribution in [0.2, 0.25) is 0 Å². The van der Waals surface area contributed by atoms with Crippen LogP contribution in [-0.2, 0) is 10.0 Å². The van der Waals surface area contributed by atoms with Gasteiger partial charge in [0, 0.05) is 37.8 Å². The summed E-state index contributed by atoms with van der Waals surface area (Å²) in [4.78, 5) is 17.2. The summed E-state index contributed by atoms with van der Waals surface area (Å²) in [5.41, 5.74) is 0.395. The summed E-state index contributed by atoms with van der Waals surface area (Å²) in [7, 11) is 1.76. The number of piperidine rings is 2. The van der Waals surface area contributed by atoms with Crippen molar-refractivity contribution in [1.29, 1.82) is 0 Å². The Kier molecular flexibility index (Phi) is 7.09. The lowest BCUT2D eigenvalue weighted by Gasteiger charge is -2.36. The zero-order valence-electron chi connectivity index (χ0n) is 18.8. The first-order valence-corrected chi connectivity index (χ1v) is 12.2. The lowest BCUT2D eigenvalue weighted by atomic mass is 9.94. The van der Waals surface area contributed by atoms with Crippen molar-refractivity contribution in [2.24, 2.45) is 11.8 Å². The van der Waals surface area contributed by atoms with Gasteiger partial charge in [0.2, 0.25) is 10.0 Å². The van der Waals surface area contributed by atoms with E-state index in [2.05, 4.69) is 18.7 Å². The van der Waals surface area contributed by atoms with Crippen molar-refractivity contribution in [2.75, 3.05) is 47.4 Å². The van der Waals surface area contributed by atoms with Gasteiger partial charge in [0.05, 0.1) is 7.11 Å². The van der Waals surface area contributed by atoms with Crippen LogP contribution in [0.3, 0.4) is 0 Å². The molecular weight excluding hydrogens is 402 g/mol. The SMILES string of the molecule is COc1ccc(C(=O)N2CCCC(N(C)C)C2)cc1S(=O)(=O)N1CC(C)CC(C)C1. The second kappa shape index (κ2) is 9.24. The number of amides is 1. The lowest BCUT2D eigenvalue weighted by molar-refractivity contribution is 0.0635. The van der Waals surface area contributed by atoms with E-state index in [1.165, 1.54) is 13.2 Å². The van der Waals surface area contributed by atoms with Crippen LogP contribution in [0.1, 0.15) is 43.5 Å². The van der Waals surface area contributed by atoms with E-state index in [1.54, 1.807) is 16.4 Å². The van der Waals surface area contributed by atoms with E-state index >= 15 is 0 Å². The van der Waals surface area contributed by atoms with Gasteiger partial charge in [0.25, 0.3) is 5.91 Å². The zero-order chi connectivity index (χ0) is 22.1. The molecule has 2 heterocycles. The van der Waals surface area contributed by atoms with Gasteiger partial charge in [-0.1, -0.05) is 13.8 Å². The van der Waals surface area contributed by atoms with Gasteiger partial charge >= 0.3 is 0 Å². The number of likely N-dealkylation sites (N-methyl/N-ethyl adjacent to an activating group) is 1. The summed E-state index contributed by atoms with van der Waals surface area (Å²) in [6, 6.07) is 5.09. The maximum atomic E-state index is 13.5. The predicted molar refractivity (Wildman–Crippen MR) is 117 cm³/mol. The Morgan fingerprint density at radius 2 is 1.80 bits per heavy atom. The van der Waals surface area contributed by atoms with Gasteiger partial charge in [-0.05, 0) is 63.4 Å². The highest BCUT2D eigenvalue weighted by atomic mass is 32.2. The number of methoxy groups -OCH3 is 1. The Morgan fingerprint density at radius 1 is 1.13 bits per heavy atom. The number of benzene rings is 1. The monoisotopic (exact) mass is 437 g/mol. The van der Waals surface area contributed by atoms with Crippen molar-refractivity contribution in [2.45, 2.75) is 44.0 Å². The average molecular weight is 438 g/mol. The number of carbonyl (C=O) groups excluding carboxylic acids is 1. The number of nitrogens with zero attached hydrogens (tertiary/aromatic N) is 3. The third-order valence-corrected chi connectivity index (χ3v) is 8.13. The van der Waals surface area contributed by atoms with Crippen molar-refractivity contribution >= 4 is 15.9 Å². The molecule has 3 rings (SSSR count). The van der Waals surface area contributed by atoms with Crippen LogP contribution in [0.15, 0.2) is 23.1 Å². The Bertz CT molecular complexity index is 861. The molecule has 8 heteroatoms. The van der Waals surface area contributed by atoms with Gasteiger partial charge < -0.3 is 14.5 Å². The van der Waals surface area contributed by atoms with E-state index < -0.39 is 10.0 Å². The number of hydrogen-bond acceptors (Lipinski definition) is 5. The maximum absolute atomic E-state index is 13.5. The molecule has 3 atom stereocenters. The average Bonchev–Trinajstić information content (AvgIpc) is 2.72. The van der Waals surface area contributed by atoms with Crippen molar-refractivity contribution < 1.29 is 17.9 Å². The summed E-state index contributed by atoms with van der Waals surface area (Å²) in [6.07, 6.45) is 3.02. The summed E-state index contributed by atoms with van der Waals surface area (Å²) < 4.78 is 33.8. The number of carbonyl (C=O) groups is 1. The van der Waals surface area contributed by atoms with Crippen LogP contribution in [0.25, 0.3) is 0 Å². The highest BCUT2D eigenvalue weighted by Gasteiger charge is 2.34. The second-order valence-corrected chi connectivity index (χ2v) is 11.1. The van der Waals surface area contributed by atoms with Gasteiger partial charge in [-0.2, -0.15) is 4.31 Å². The summed E-state index contributed by atoms with van der Waals surface area (Å²) in [5.74, 6) is 0.759. The second-order valence-electron chi connectivity index (χ2n) is 9.14. The van der Waals surface area contributed by atoms with Crippen molar-refractivity contribution in [1.82, 2.24) is 14.1 Å². The van der Waals surface area contributed by atoms with Crippen LogP contribution >= 0.6 is 0 Å². The fourth-order valence-corrected chi connectivity index (χ4v) is 6.56. The quantitative estimate of drug-likeness (QED) is 0.708. The Balaban J connectivity index is 1.91. The number of ether oxygens (including phenoxy) is 1. The van der Waals surface area contributed by atoms with Crippen LogP contribution in [0.4, 0.5) is 0 Å². The first kappa shape index (κ1) is 23.0. The first-order valence-electron chi connectivity index (χ1n) is 10.8. The third kappa shape index (κ3) is 4.81. The summed E-state index contributed by atoms with van der Waals surface area (Å²) >= 11 is 0. The van der Waals surface area contributed by atoms with Gasteiger partial charge in [-0.25, -0.2) is 8.42 Å². The van der Waals surface area contributed by atoms with Crippen LogP contribution in [0.5, 0.6) is 5.75 Å². The standard InChI is InChI=1S/C22H35N3O4S/c1-16-11-17(2)14-25(13-16)30(27,28)21-12-18(8-9-20(21)29-5)22(26)24-10-6-7-19(15-24)23(3)4/h8-9,12,16-17,19H,6-7,10-11,13-15H2,1-5H3. The molecule has 0 spiro atoms. The minimum absolute atomic E-state index is 0.0818. The predicted octanol–water partition coefficient (Wildman–Crippen LogP) is 2.53. The van der Waals surface area contributed by atoms with E-state index in [0.29, 0.717) is 49.6 Å². The van der Waals surface area contributed by atoms with E-state index in [9.17, 15) is 13.2 Å². The molecule has 0 radical (unpaired) electrons. The highest BCUT2D eigenvalue weighted by molar-refractivity contribution is 7.89. The Labute approximate surface area is 181 Å². The molecule has 1 amide bonds. The van der Waals surface area contributed by atoms with Gasteiger partial charge in [-0.15, -0.1) is 0 Å². The van der Waals surface area contributed by atoms with Crippen LogP contribution < -0.4 is 4.74 Å². The van der Waals surface area contributed by atoms with Gasteiger partial charge in [-0.3, -0.25) is 4.79 Å². The number of rotatable bonds is 5. The molecule has 3 unspecified atom stereocenters. The molecule has 0 saturated carbocycles. The maximum Gasteiger partial charge on any atom is 0.253 e. The molecule has 0 aromatic heterocycles. The van der Waals surface area contributed by atoms with E-state index in [1.807, 2.05) is 19.0 Å². The Morgan fingerprint density at radius 3 is 2.40 bits per heavy atom. The number of hydrogen-bond donors (Lipinski definition) is 0. The first-order chi connectivity index (χ1) is 14.1. The molecule has 30 heavy (non-hydrogen) atoms. The van der Waals surface area contributed by atoms with Crippen molar-refractivity contribution in [3.05, 3.63) is 23.8 Å².